The maximum absolute atomic E-state index is 13.7. The smallest absolute Gasteiger partial charge is 0.311 e. The zero-order chi connectivity index (χ0) is 17.3. The van der Waals surface area contributed by atoms with Crippen molar-refractivity contribution < 1.29 is 23.5 Å². The Labute approximate surface area is 135 Å². The summed E-state index contributed by atoms with van der Waals surface area (Å²) in [6, 6.07) is 9.62. The van der Waals surface area contributed by atoms with E-state index in [0.717, 1.165) is 23.7 Å². The maximum atomic E-state index is 13.7. The molecule has 1 atom stereocenters. The first-order valence-corrected chi connectivity index (χ1v) is 7.24. The third-order valence-electron chi connectivity index (χ3n) is 3.91. The van der Waals surface area contributed by atoms with Crippen LogP contribution in [0.5, 0.6) is 0 Å². The van der Waals surface area contributed by atoms with Crippen LogP contribution in [0.2, 0.25) is 0 Å². The first-order valence-electron chi connectivity index (χ1n) is 7.24. The third kappa shape index (κ3) is 2.90. The summed E-state index contributed by atoms with van der Waals surface area (Å²) in [5, 5.41) is 10.2. The Bertz CT molecular complexity index is 933. The van der Waals surface area contributed by atoms with Gasteiger partial charge in [-0.2, -0.15) is 0 Å². The number of para-hydroxylation sites is 1. The lowest BCUT2D eigenvalue weighted by Gasteiger charge is -2.11. The van der Waals surface area contributed by atoms with Gasteiger partial charge in [-0.15, -0.1) is 0 Å². The number of hydrogen-bond acceptors (Lipinski definition) is 2. The van der Waals surface area contributed by atoms with Crippen LogP contribution in [-0.2, 0) is 4.79 Å². The van der Waals surface area contributed by atoms with Crippen molar-refractivity contribution in [1.29, 1.82) is 0 Å². The van der Waals surface area contributed by atoms with E-state index in [1.165, 1.54) is 6.20 Å². The van der Waals surface area contributed by atoms with Gasteiger partial charge in [0, 0.05) is 23.5 Å². The number of Topliss-reactive ketones (excluding diaryl/α,β-unsaturated/α-hetero) is 1. The second-order valence-electron chi connectivity index (χ2n) is 5.43. The van der Waals surface area contributed by atoms with Crippen molar-refractivity contribution in [2.45, 2.75) is 12.3 Å². The van der Waals surface area contributed by atoms with Gasteiger partial charge in [-0.3, -0.25) is 9.59 Å². The first kappa shape index (κ1) is 15.9. The molecule has 0 saturated carbocycles. The molecule has 122 valence electrons. The second-order valence-corrected chi connectivity index (χ2v) is 5.43. The van der Waals surface area contributed by atoms with Gasteiger partial charge in [0.15, 0.2) is 5.78 Å². The molecule has 24 heavy (non-hydrogen) atoms. The monoisotopic (exact) mass is 329 g/mol. The second kappa shape index (κ2) is 6.23. The Morgan fingerprint density at radius 1 is 1.12 bits per heavy atom. The highest BCUT2D eigenvalue weighted by Gasteiger charge is 2.27. The molecule has 0 aliphatic heterocycles. The van der Waals surface area contributed by atoms with Crippen LogP contribution < -0.4 is 0 Å². The predicted molar refractivity (Wildman–Crippen MR) is 84.0 cm³/mol. The Kier molecular flexibility index (Phi) is 4.12. The number of H-pyrrole nitrogens is 1. The molecule has 2 aromatic carbocycles. The summed E-state index contributed by atoms with van der Waals surface area (Å²) < 4.78 is 27.0. The Balaban J connectivity index is 1.96. The van der Waals surface area contributed by atoms with Gasteiger partial charge in [0.05, 0.1) is 11.5 Å². The highest BCUT2D eigenvalue weighted by atomic mass is 19.1. The molecule has 0 aliphatic carbocycles. The third-order valence-corrected chi connectivity index (χ3v) is 3.91. The van der Waals surface area contributed by atoms with E-state index in [4.69, 9.17) is 0 Å². The molecule has 0 bridgehead atoms. The van der Waals surface area contributed by atoms with Crippen LogP contribution in [0.4, 0.5) is 8.78 Å². The molecule has 0 fully saturated rings. The molecule has 3 rings (SSSR count). The average molecular weight is 329 g/mol. The van der Waals surface area contributed by atoms with Crippen molar-refractivity contribution in [2.75, 3.05) is 0 Å². The number of carboxylic acids is 1. The van der Waals surface area contributed by atoms with E-state index in [2.05, 4.69) is 4.98 Å². The van der Waals surface area contributed by atoms with Crippen molar-refractivity contribution in [3.63, 3.8) is 0 Å². The minimum Gasteiger partial charge on any atom is -0.481 e. The fourth-order valence-electron chi connectivity index (χ4n) is 2.72. The maximum Gasteiger partial charge on any atom is 0.311 e. The first-order chi connectivity index (χ1) is 11.5. The lowest BCUT2D eigenvalue weighted by atomic mass is 9.91. The highest BCUT2D eigenvalue weighted by Crippen LogP contribution is 2.29. The van der Waals surface area contributed by atoms with E-state index in [-0.39, 0.29) is 0 Å². The zero-order valence-electron chi connectivity index (χ0n) is 12.4. The van der Waals surface area contributed by atoms with Crippen LogP contribution in [0.25, 0.3) is 10.9 Å². The highest BCUT2D eigenvalue weighted by molar-refractivity contribution is 6.00. The molecule has 1 aromatic heterocycles. The van der Waals surface area contributed by atoms with Gasteiger partial charge in [-0.1, -0.05) is 18.2 Å². The number of hydrogen-bond donors (Lipinski definition) is 2. The lowest BCUT2D eigenvalue weighted by molar-refractivity contribution is -0.138. The van der Waals surface area contributed by atoms with Gasteiger partial charge in [-0.05, 0) is 29.8 Å². The molecule has 0 radical (unpaired) electrons. The van der Waals surface area contributed by atoms with Crippen molar-refractivity contribution in [1.82, 2.24) is 4.98 Å². The van der Waals surface area contributed by atoms with E-state index < -0.39 is 41.3 Å². The number of rotatable bonds is 5. The normalized spacial score (nSPS) is 12.2. The minimum atomic E-state index is -1.20. The molecule has 0 aliphatic rings. The minimum absolute atomic E-state index is 0.434. The number of carboxylic acid groups (broad SMARTS) is 1. The molecule has 1 unspecified atom stereocenters. The van der Waals surface area contributed by atoms with E-state index in [0.29, 0.717) is 10.9 Å². The molecule has 0 saturated heterocycles. The van der Waals surface area contributed by atoms with E-state index in [1.807, 2.05) is 0 Å². The number of benzene rings is 2. The number of aliphatic carboxylic acids is 1. The number of aromatic amines is 1. The molecule has 0 spiro atoms. The number of carbonyl (C=O) groups is 2. The fraction of sp³-hybridized carbons (Fsp3) is 0.111. The largest absolute Gasteiger partial charge is 0.481 e. The van der Waals surface area contributed by atoms with Crippen molar-refractivity contribution in [3.8, 4) is 0 Å². The van der Waals surface area contributed by atoms with Crippen LogP contribution in [0.15, 0.2) is 48.7 Å². The Hall–Kier alpha value is -3.02. The predicted octanol–water partition coefficient (Wildman–Crippen LogP) is 3.89. The van der Waals surface area contributed by atoms with Crippen LogP contribution in [-0.4, -0.2) is 21.8 Å². The Morgan fingerprint density at radius 2 is 1.88 bits per heavy atom. The standard InChI is InChI=1S/C18H13F2NO3/c19-10-5-6-15(20)13(7-10)17(22)8-12(18(23)24)14-9-21-16-4-2-1-3-11(14)16/h1-7,9,12,21H,8H2,(H,23,24). The van der Waals surface area contributed by atoms with E-state index >= 15 is 0 Å². The summed E-state index contributed by atoms with van der Waals surface area (Å²) in [7, 11) is 0. The number of nitrogens with one attached hydrogen (secondary N) is 1. The van der Waals surface area contributed by atoms with Crippen molar-refractivity contribution >= 4 is 22.7 Å². The summed E-state index contributed by atoms with van der Waals surface area (Å²) >= 11 is 0. The van der Waals surface area contributed by atoms with Crippen LogP contribution >= 0.6 is 0 Å². The van der Waals surface area contributed by atoms with Crippen molar-refractivity contribution in [2.24, 2.45) is 0 Å². The lowest BCUT2D eigenvalue weighted by Crippen LogP contribution is -2.17. The molecule has 4 nitrogen and oxygen atoms in total. The van der Waals surface area contributed by atoms with Crippen LogP contribution in [0.1, 0.15) is 28.3 Å². The van der Waals surface area contributed by atoms with Gasteiger partial charge < -0.3 is 10.1 Å². The van der Waals surface area contributed by atoms with Crippen LogP contribution in [0.3, 0.4) is 0 Å². The van der Waals surface area contributed by atoms with Gasteiger partial charge in [-0.25, -0.2) is 8.78 Å². The fourth-order valence-corrected chi connectivity index (χ4v) is 2.72. The summed E-state index contributed by atoms with van der Waals surface area (Å²) in [5.74, 6) is -4.74. The molecular weight excluding hydrogens is 316 g/mol. The molecule has 2 N–H and O–H groups in total. The number of aromatic nitrogens is 1. The van der Waals surface area contributed by atoms with Crippen molar-refractivity contribution in [3.05, 3.63) is 71.4 Å². The number of ketones is 1. The van der Waals surface area contributed by atoms with E-state index in [1.54, 1.807) is 24.3 Å². The molecule has 0 amide bonds. The SMILES string of the molecule is O=C(CC(C(=O)O)c1c[nH]c2ccccc12)c1cc(F)ccc1F. The molecule has 1 heterocycles. The summed E-state index contributed by atoms with van der Waals surface area (Å²) in [4.78, 5) is 26.9. The molecule has 6 heteroatoms. The number of fused-ring (bicyclic) bond motifs is 1. The summed E-state index contributed by atoms with van der Waals surface area (Å²) in [6.45, 7) is 0. The topological polar surface area (TPSA) is 70.2 Å². The average Bonchev–Trinajstić information content (AvgIpc) is 2.98. The quantitative estimate of drug-likeness (QED) is 0.698. The van der Waals surface area contributed by atoms with Crippen LogP contribution in [0, 0.1) is 11.6 Å². The summed E-state index contributed by atoms with van der Waals surface area (Å²) in [5.41, 5.74) is 0.729. The Morgan fingerprint density at radius 3 is 2.62 bits per heavy atom. The molecule has 3 aromatic rings. The zero-order valence-corrected chi connectivity index (χ0v) is 12.4. The van der Waals surface area contributed by atoms with Gasteiger partial charge in [0.1, 0.15) is 11.6 Å². The number of carbonyl (C=O) groups excluding carboxylic acids is 1. The van der Waals surface area contributed by atoms with Gasteiger partial charge in [0.25, 0.3) is 0 Å². The number of halogens is 2. The van der Waals surface area contributed by atoms with Gasteiger partial charge >= 0.3 is 5.97 Å². The summed E-state index contributed by atoms with van der Waals surface area (Å²) in [6.07, 6.45) is 1.07. The molecular formula is C18H13F2NO3. The van der Waals surface area contributed by atoms with Gasteiger partial charge in [0.2, 0.25) is 0 Å². The van der Waals surface area contributed by atoms with E-state index in [9.17, 15) is 23.5 Å².